The molecule has 0 aromatic heterocycles. The first-order valence-corrected chi connectivity index (χ1v) is 12.7. The maximum absolute atomic E-state index is 12.2. The van der Waals surface area contributed by atoms with Crippen molar-refractivity contribution in [1.29, 1.82) is 0 Å². The number of nitrogens with one attached hydrogen (secondary N) is 1. The first kappa shape index (κ1) is 26.4. The fraction of sp³-hybridized carbons (Fsp3) is 0.960. The minimum absolute atomic E-state index is 0.0754. The number of hydrogen-bond acceptors (Lipinski definition) is 3. The van der Waals surface area contributed by atoms with Crippen molar-refractivity contribution in [3.63, 3.8) is 0 Å². The van der Waals surface area contributed by atoms with Crippen molar-refractivity contribution in [1.82, 2.24) is 10.2 Å². The first-order chi connectivity index (χ1) is 14.1. The number of carbonyl (C=O) groups is 1. The lowest BCUT2D eigenvalue weighted by Crippen LogP contribution is -2.55. The van der Waals surface area contributed by atoms with E-state index in [1.165, 1.54) is 77.0 Å². The molecular formula is C25H50N2O2. The second-order valence-electron chi connectivity index (χ2n) is 9.37. The zero-order chi connectivity index (χ0) is 21.2. The summed E-state index contributed by atoms with van der Waals surface area (Å²) in [4.78, 5) is 14.5. The molecule has 1 saturated heterocycles. The Balaban J connectivity index is 1.86. The van der Waals surface area contributed by atoms with Gasteiger partial charge in [-0.25, -0.2) is 0 Å². The third-order valence-corrected chi connectivity index (χ3v) is 6.01. The number of ether oxygens (including phenoxy) is 1. The van der Waals surface area contributed by atoms with Gasteiger partial charge in [-0.05, 0) is 25.3 Å². The molecular weight excluding hydrogens is 360 g/mol. The molecule has 0 bridgehead atoms. The van der Waals surface area contributed by atoms with Gasteiger partial charge in [0.2, 0.25) is 5.91 Å². The van der Waals surface area contributed by atoms with E-state index >= 15 is 0 Å². The van der Waals surface area contributed by atoms with Crippen molar-refractivity contribution in [3.8, 4) is 0 Å². The minimum atomic E-state index is 0.0754. The van der Waals surface area contributed by atoms with Gasteiger partial charge in [0.25, 0.3) is 0 Å². The molecule has 1 aliphatic heterocycles. The highest BCUT2D eigenvalue weighted by molar-refractivity contribution is 5.76. The summed E-state index contributed by atoms with van der Waals surface area (Å²) in [6.07, 6.45) is 19.3. The Morgan fingerprint density at radius 1 is 0.931 bits per heavy atom. The molecule has 1 heterocycles. The summed E-state index contributed by atoms with van der Waals surface area (Å²) in [6.45, 7) is 10.2. The molecule has 1 rings (SSSR count). The molecule has 0 saturated carbocycles. The second-order valence-corrected chi connectivity index (χ2v) is 9.37. The molecule has 1 aliphatic rings. The van der Waals surface area contributed by atoms with Crippen LogP contribution in [0.3, 0.4) is 0 Å². The summed E-state index contributed by atoms with van der Waals surface area (Å²) in [7, 11) is 0. The van der Waals surface area contributed by atoms with Crippen LogP contribution in [0, 0.1) is 5.92 Å². The van der Waals surface area contributed by atoms with Crippen LogP contribution in [0.5, 0.6) is 0 Å². The van der Waals surface area contributed by atoms with Gasteiger partial charge in [0.1, 0.15) is 6.17 Å². The van der Waals surface area contributed by atoms with Crippen LogP contribution in [0.1, 0.15) is 117 Å². The highest BCUT2D eigenvalue weighted by atomic mass is 16.5. The predicted molar refractivity (Wildman–Crippen MR) is 124 cm³/mol. The lowest BCUT2D eigenvalue weighted by Gasteiger charge is -2.35. The number of morpholine rings is 1. The molecule has 4 heteroatoms. The molecule has 1 amide bonds. The number of rotatable bonds is 18. The smallest absolute Gasteiger partial charge is 0.221 e. The average molecular weight is 411 g/mol. The molecule has 1 atom stereocenters. The van der Waals surface area contributed by atoms with E-state index < -0.39 is 0 Å². The van der Waals surface area contributed by atoms with Gasteiger partial charge in [0.15, 0.2) is 0 Å². The number of carbonyl (C=O) groups excluding carboxylic acids is 1. The molecule has 0 spiro atoms. The Kier molecular flexibility index (Phi) is 16.6. The monoisotopic (exact) mass is 410 g/mol. The van der Waals surface area contributed by atoms with Crippen molar-refractivity contribution in [3.05, 3.63) is 0 Å². The minimum Gasteiger partial charge on any atom is -0.377 e. The van der Waals surface area contributed by atoms with Crippen LogP contribution in [-0.4, -0.2) is 43.3 Å². The van der Waals surface area contributed by atoms with Crippen molar-refractivity contribution in [2.24, 2.45) is 5.92 Å². The van der Waals surface area contributed by atoms with Gasteiger partial charge < -0.3 is 10.1 Å². The first-order valence-electron chi connectivity index (χ1n) is 12.7. The molecule has 1 unspecified atom stereocenters. The van der Waals surface area contributed by atoms with E-state index in [2.05, 4.69) is 31.0 Å². The zero-order valence-electron chi connectivity index (χ0n) is 19.9. The van der Waals surface area contributed by atoms with Crippen molar-refractivity contribution >= 4 is 5.91 Å². The molecule has 1 N–H and O–H groups in total. The Morgan fingerprint density at radius 3 is 2.03 bits per heavy atom. The van der Waals surface area contributed by atoms with Gasteiger partial charge in [-0.1, -0.05) is 97.8 Å². The normalized spacial score (nSPS) is 17.7. The Labute approximate surface area is 181 Å². The standard InChI is InChI=1S/C25H50N2O2/c1-4-19-27-20-21-29-22-24(27)26-25(28)18-16-14-12-10-8-6-5-7-9-11-13-15-17-23(2)3/h23-24H,4-22H2,1-3H3,(H,26,28). The molecule has 29 heavy (non-hydrogen) atoms. The van der Waals surface area contributed by atoms with Crippen LogP contribution in [0.2, 0.25) is 0 Å². The predicted octanol–water partition coefficient (Wildman–Crippen LogP) is 6.29. The summed E-state index contributed by atoms with van der Waals surface area (Å²) < 4.78 is 5.53. The van der Waals surface area contributed by atoms with Crippen LogP contribution in [0.15, 0.2) is 0 Å². The summed E-state index contributed by atoms with van der Waals surface area (Å²) in [6, 6.07) is 0. The van der Waals surface area contributed by atoms with Crippen LogP contribution < -0.4 is 5.32 Å². The Bertz CT molecular complexity index is 385. The average Bonchev–Trinajstić information content (AvgIpc) is 2.69. The number of nitrogens with zero attached hydrogens (tertiary/aromatic N) is 1. The highest BCUT2D eigenvalue weighted by Crippen LogP contribution is 2.14. The van der Waals surface area contributed by atoms with E-state index in [9.17, 15) is 4.79 Å². The van der Waals surface area contributed by atoms with E-state index in [0.29, 0.717) is 13.0 Å². The molecule has 0 radical (unpaired) electrons. The van der Waals surface area contributed by atoms with E-state index in [1.54, 1.807) is 0 Å². The van der Waals surface area contributed by atoms with Gasteiger partial charge in [-0.3, -0.25) is 9.69 Å². The van der Waals surface area contributed by atoms with Gasteiger partial charge in [-0.15, -0.1) is 0 Å². The molecule has 1 fully saturated rings. The topological polar surface area (TPSA) is 41.6 Å². The SMILES string of the molecule is CCCN1CCOCC1NC(=O)CCCCCCCCCCCCCCC(C)C. The Hall–Kier alpha value is -0.610. The van der Waals surface area contributed by atoms with E-state index in [1.807, 2.05) is 0 Å². The van der Waals surface area contributed by atoms with Gasteiger partial charge in [0.05, 0.1) is 13.2 Å². The number of unbranched alkanes of at least 4 members (excludes halogenated alkanes) is 11. The quantitative estimate of drug-likeness (QED) is 0.270. The summed E-state index contributed by atoms with van der Waals surface area (Å²) in [5.74, 6) is 1.06. The second kappa shape index (κ2) is 18.2. The van der Waals surface area contributed by atoms with Crippen LogP contribution >= 0.6 is 0 Å². The molecule has 172 valence electrons. The van der Waals surface area contributed by atoms with Crippen LogP contribution in [0.25, 0.3) is 0 Å². The summed E-state index contributed by atoms with van der Waals surface area (Å²) in [5, 5.41) is 3.16. The summed E-state index contributed by atoms with van der Waals surface area (Å²) in [5.41, 5.74) is 0. The van der Waals surface area contributed by atoms with Crippen LogP contribution in [-0.2, 0) is 9.53 Å². The fourth-order valence-electron chi connectivity index (χ4n) is 4.19. The third-order valence-electron chi connectivity index (χ3n) is 6.01. The van der Waals surface area contributed by atoms with Crippen molar-refractivity contribution in [2.45, 2.75) is 123 Å². The number of amides is 1. The van der Waals surface area contributed by atoms with Gasteiger partial charge in [-0.2, -0.15) is 0 Å². The fourth-order valence-corrected chi connectivity index (χ4v) is 4.19. The largest absolute Gasteiger partial charge is 0.377 e. The summed E-state index contributed by atoms with van der Waals surface area (Å²) >= 11 is 0. The maximum atomic E-state index is 12.2. The molecule has 0 aromatic carbocycles. The van der Waals surface area contributed by atoms with E-state index in [0.717, 1.165) is 38.5 Å². The van der Waals surface area contributed by atoms with Crippen molar-refractivity contribution < 1.29 is 9.53 Å². The van der Waals surface area contributed by atoms with Crippen LogP contribution in [0.4, 0.5) is 0 Å². The lowest BCUT2D eigenvalue weighted by atomic mass is 10.0. The van der Waals surface area contributed by atoms with E-state index in [-0.39, 0.29) is 12.1 Å². The van der Waals surface area contributed by atoms with E-state index in [4.69, 9.17) is 4.74 Å². The third kappa shape index (κ3) is 14.9. The van der Waals surface area contributed by atoms with Gasteiger partial charge >= 0.3 is 0 Å². The molecule has 0 aliphatic carbocycles. The lowest BCUT2D eigenvalue weighted by molar-refractivity contribution is -0.125. The number of hydrogen-bond donors (Lipinski definition) is 1. The molecule has 0 aromatic rings. The Morgan fingerprint density at radius 2 is 1.48 bits per heavy atom. The van der Waals surface area contributed by atoms with Crippen molar-refractivity contribution in [2.75, 3.05) is 26.3 Å². The highest BCUT2D eigenvalue weighted by Gasteiger charge is 2.23. The van der Waals surface area contributed by atoms with Gasteiger partial charge in [0, 0.05) is 13.0 Å². The molecule has 4 nitrogen and oxygen atoms in total. The zero-order valence-corrected chi connectivity index (χ0v) is 19.9. The maximum Gasteiger partial charge on any atom is 0.221 e.